The van der Waals surface area contributed by atoms with Gasteiger partial charge in [-0.3, -0.25) is 4.79 Å². The molecule has 2 fully saturated rings. The van der Waals surface area contributed by atoms with E-state index in [0.717, 1.165) is 19.1 Å². The molecule has 1 amide bonds. The molecule has 1 atom stereocenters. The summed E-state index contributed by atoms with van der Waals surface area (Å²) in [6.45, 7) is 1.73. The molecule has 0 unspecified atom stereocenters. The lowest BCUT2D eigenvalue weighted by atomic mass is 9.82. The Morgan fingerprint density at radius 3 is 2.42 bits per heavy atom. The lowest BCUT2D eigenvalue weighted by Gasteiger charge is -2.46. The number of nitrogens with zero attached hydrogens (tertiary/aromatic N) is 1. The van der Waals surface area contributed by atoms with E-state index in [1.165, 1.54) is 12.1 Å². The van der Waals surface area contributed by atoms with Gasteiger partial charge in [0.25, 0.3) is 5.91 Å². The molecule has 1 spiro atoms. The predicted octanol–water partition coefficient (Wildman–Crippen LogP) is 1.24. The lowest BCUT2D eigenvalue weighted by molar-refractivity contribution is -0.174. The van der Waals surface area contributed by atoms with Crippen LogP contribution in [0.1, 0.15) is 36.0 Å². The number of hydrogen-bond donors (Lipinski definition) is 1. The maximum absolute atomic E-state index is 12.6. The number of sulfone groups is 1. The van der Waals surface area contributed by atoms with E-state index >= 15 is 0 Å². The number of hydrogen-bond acceptors (Lipinski definition) is 5. The van der Waals surface area contributed by atoms with Crippen molar-refractivity contribution >= 4 is 15.7 Å². The number of piperidine rings is 1. The Bertz CT molecular complexity index is 705. The van der Waals surface area contributed by atoms with E-state index in [1.807, 2.05) is 0 Å². The van der Waals surface area contributed by atoms with Crippen LogP contribution in [0.4, 0.5) is 0 Å². The quantitative estimate of drug-likeness (QED) is 0.865. The molecule has 0 bridgehead atoms. The number of aliphatic hydroxyl groups is 1. The van der Waals surface area contributed by atoms with E-state index in [0.29, 0.717) is 38.1 Å². The molecule has 2 saturated heterocycles. The molecule has 2 aliphatic heterocycles. The normalized spacial score (nSPS) is 24.1. The smallest absolute Gasteiger partial charge is 0.253 e. The van der Waals surface area contributed by atoms with Crippen molar-refractivity contribution in [3.8, 4) is 0 Å². The highest BCUT2D eigenvalue weighted by molar-refractivity contribution is 7.90. The summed E-state index contributed by atoms with van der Waals surface area (Å²) >= 11 is 0. The monoisotopic (exact) mass is 353 g/mol. The molecule has 1 aromatic carbocycles. The number of benzene rings is 1. The second kappa shape index (κ2) is 6.46. The van der Waals surface area contributed by atoms with Gasteiger partial charge < -0.3 is 14.7 Å². The van der Waals surface area contributed by atoms with E-state index in [9.17, 15) is 18.3 Å². The first kappa shape index (κ1) is 17.4. The number of carbonyl (C=O) groups is 1. The van der Waals surface area contributed by atoms with Gasteiger partial charge in [0.05, 0.1) is 16.6 Å². The minimum atomic E-state index is -3.26. The molecule has 1 N–H and O–H groups in total. The molecule has 0 aliphatic carbocycles. The second-order valence-corrected chi connectivity index (χ2v) is 8.68. The molecule has 7 heteroatoms. The van der Waals surface area contributed by atoms with Crippen LogP contribution in [0.5, 0.6) is 0 Å². The first-order valence-corrected chi connectivity index (χ1v) is 10.1. The molecule has 2 aliphatic rings. The van der Waals surface area contributed by atoms with Crippen molar-refractivity contribution < 1.29 is 23.1 Å². The van der Waals surface area contributed by atoms with Crippen molar-refractivity contribution in [3.05, 3.63) is 29.8 Å². The van der Waals surface area contributed by atoms with Crippen LogP contribution >= 0.6 is 0 Å². The summed E-state index contributed by atoms with van der Waals surface area (Å²) < 4.78 is 28.8. The molecular weight excluding hydrogens is 330 g/mol. The summed E-state index contributed by atoms with van der Waals surface area (Å²) in [6, 6.07) is 6.02. The van der Waals surface area contributed by atoms with Crippen molar-refractivity contribution in [3.63, 3.8) is 0 Å². The minimum Gasteiger partial charge on any atom is -0.390 e. The third-order valence-electron chi connectivity index (χ3n) is 5.05. The number of aliphatic hydroxyl groups excluding tert-OH is 1. The van der Waals surface area contributed by atoms with Gasteiger partial charge in [-0.15, -0.1) is 0 Å². The molecule has 0 saturated carbocycles. The zero-order valence-corrected chi connectivity index (χ0v) is 14.6. The summed E-state index contributed by atoms with van der Waals surface area (Å²) in [5.41, 5.74) is -0.0294. The van der Waals surface area contributed by atoms with E-state index in [1.54, 1.807) is 17.0 Å². The van der Waals surface area contributed by atoms with Crippen molar-refractivity contribution in [2.24, 2.45) is 0 Å². The van der Waals surface area contributed by atoms with Gasteiger partial charge in [-0.25, -0.2) is 8.42 Å². The summed E-state index contributed by atoms with van der Waals surface area (Å²) in [6.07, 6.45) is 3.56. The molecule has 0 radical (unpaired) electrons. The Labute approximate surface area is 142 Å². The SMILES string of the molecule is CS(=O)(=O)c1ccc(C(=O)N2CCC3(CC2)OCCC[C@H]3O)cc1. The highest BCUT2D eigenvalue weighted by Crippen LogP contribution is 2.35. The number of carbonyl (C=O) groups excluding carboxylic acids is 1. The first-order valence-electron chi connectivity index (χ1n) is 8.23. The highest BCUT2D eigenvalue weighted by Gasteiger charge is 2.44. The summed E-state index contributed by atoms with van der Waals surface area (Å²) in [4.78, 5) is 14.5. The zero-order valence-electron chi connectivity index (χ0n) is 13.8. The van der Waals surface area contributed by atoms with Crippen molar-refractivity contribution in [2.45, 2.75) is 42.3 Å². The van der Waals surface area contributed by atoms with Crippen LogP contribution in [0, 0.1) is 0 Å². The maximum Gasteiger partial charge on any atom is 0.253 e. The number of ether oxygens (including phenoxy) is 1. The fourth-order valence-electron chi connectivity index (χ4n) is 3.50. The van der Waals surface area contributed by atoms with Crippen molar-refractivity contribution in [1.82, 2.24) is 4.90 Å². The van der Waals surface area contributed by atoms with E-state index in [2.05, 4.69) is 0 Å². The van der Waals surface area contributed by atoms with Gasteiger partial charge in [0.2, 0.25) is 0 Å². The van der Waals surface area contributed by atoms with Crippen molar-refractivity contribution in [2.75, 3.05) is 26.0 Å². The maximum atomic E-state index is 12.6. The van der Waals surface area contributed by atoms with Crippen LogP contribution in [0.15, 0.2) is 29.2 Å². The highest BCUT2D eigenvalue weighted by atomic mass is 32.2. The lowest BCUT2D eigenvalue weighted by Crippen LogP contribution is -2.56. The van der Waals surface area contributed by atoms with Gasteiger partial charge in [-0.1, -0.05) is 0 Å². The fraction of sp³-hybridized carbons (Fsp3) is 0.588. The first-order chi connectivity index (χ1) is 11.3. The Morgan fingerprint density at radius 1 is 1.25 bits per heavy atom. The molecule has 6 nitrogen and oxygen atoms in total. The fourth-order valence-corrected chi connectivity index (χ4v) is 4.13. The van der Waals surface area contributed by atoms with Gasteiger partial charge in [0, 0.05) is 31.5 Å². The third-order valence-corrected chi connectivity index (χ3v) is 6.17. The standard InChI is InChI=1S/C17H23NO5S/c1-24(21,22)14-6-4-13(5-7-14)16(20)18-10-8-17(9-11-18)15(19)3-2-12-23-17/h4-7,15,19H,2-3,8-12H2,1H3/t15-/m1/s1. The summed E-state index contributed by atoms with van der Waals surface area (Å²) in [7, 11) is -3.26. The molecule has 132 valence electrons. The molecule has 24 heavy (non-hydrogen) atoms. The van der Waals surface area contributed by atoms with Gasteiger partial charge in [0.1, 0.15) is 0 Å². The summed E-state index contributed by atoms with van der Waals surface area (Å²) in [5.74, 6) is -0.116. The van der Waals surface area contributed by atoms with E-state index < -0.39 is 21.5 Å². The Balaban J connectivity index is 1.67. The number of rotatable bonds is 2. The van der Waals surface area contributed by atoms with Gasteiger partial charge in [-0.05, 0) is 49.9 Å². The van der Waals surface area contributed by atoms with E-state index in [-0.39, 0.29) is 10.8 Å². The molecule has 0 aromatic heterocycles. The topological polar surface area (TPSA) is 83.9 Å². The average Bonchev–Trinajstić information content (AvgIpc) is 2.57. The van der Waals surface area contributed by atoms with Crippen molar-refractivity contribution in [1.29, 1.82) is 0 Å². The Morgan fingerprint density at radius 2 is 1.88 bits per heavy atom. The zero-order chi connectivity index (χ0) is 17.4. The largest absolute Gasteiger partial charge is 0.390 e. The van der Waals surface area contributed by atoms with Crippen LogP contribution in [0.25, 0.3) is 0 Å². The molecule has 2 heterocycles. The second-order valence-electron chi connectivity index (χ2n) is 6.66. The molecule has 3 rings (SSSR count). The van der Waals surface area contributed by atoms with Gasteiger partial charge in [0.15, 0.2) is 9.84 Å². The van der Waals surface area contributed by atoms with E-state index in [4.69, 9.17) is 4.74 Å². The average molecular weight is 353 g/mol. The Kier molecular flexibility index (Phi) is 4.68. The molecular formula is C17H23NO5S. The van der Waals surface area contributed by atoms with Gasteiger partial charge in [-0.2, -0.15) is 0 Å². The molecule has 1 aromatic rings. The summed E-state index contributed by atoms with van der Waals surface area (Å²) in [5, 5.41) is 10.2. The van der Waals surface area contributed by atoms with Crippen LogP contribution in [-0.2, 0) is 14.6 Å². The third kappa shape index (κ3) is 3.34. The van der Waals surface area contributed by atoms with Crippen LogP contribution in [-0.4, -0.2) is 62.0 Å². The van der Waals surface area contributed by atoms with Gasteiger partial charge >= 0.3 is 0 Å². The Hall–Kier alpha value is -1.44. The number of amides is 1. The predicted molar refractivity (Wildman–Crippen MR) is 88.6 cm³/mol. The van der Waals surface area contributed by atoms with Crippen LogP contribution in [0.2, 0.25) is 0 Å². The van der Waals surface area contributed by atoms with Crippen LogP contribution in [0.3, 0.4) is 0 Å². The number of likely N-dealkylation sites (tertiary alicyclic amines) is 1. The minimum absolute atomic E-state index is 0.116. The van der Waals surface area contributed by atoms with Crippen LogP contribution < -0.4 is 0 Å².